The normalized spacial score (nSPS) is 16.9. The second kappa shape index (κ2) is 5.69. The van der Waals surface area contributed by atoms with E-state index in [1.54, 1.807) is 6.08 Å². The summed E-state index contributed by atoms with van der Waals surface area (Å²) in [4.78, 5) is 4.36. The predicted molar refractivity (Wildman–Crippen MR) is 80.6 cm³/mol. The maximum atomic E-state index is 6.18. The number of nitrogens with two attached hydrogens (primary N) is 1. The molecule has 0 bridgehead atoms. The van der Waals surface area contributed by atoms with Crippen molar-refractivity contribution in [1.29, 1.82) is 0 Å². The lowest BCUT2D eigenvalue weighted by Crippen LogP contribution is -2.44. The van der Waals surface area contributed by atoms with Crippen LogP contribution in [0.4, 0.5) is 0 Å². The molecule has 0 unspecified atom stereocenters. The van der Waals surface area contributed by atoms with Gasteiger partial charge in [-0.15, -0.1) is 0 Å². The minimum atomic E-state index is -0.390. The Labute approximate surface area is 123 Å². The number of hydrogen-bond donors (Lipinski definition) is 1. The van der Waals surface area contributed by atoms with E-state index in [0.29, 0.717) is 18.3 Å². The third-order valence-electron chi connectivity index (χ3n) is 3.76. The third-order valence-corrected chi connectivity index (χ3v) is 3.76. The standard InChI is InChI=1S/C16H19N3O2/c1-2-20-13-7-4-3-6-12(13)8-9-14-18-15(19-21-14)16(17)10-5-11-16/h3-4,6-9H,2,5,10-11,17H2,1H3/b9-8+. The van der Waals surface area contributed by atoms with Crippen molar-refractivity contribution in [3.8, 4) is 5.75 Å². The van der Waals surface area contributed by atoms with Crippen molar-refractivity contribution in [2.24, 2.45) is 5.73 Å². The fourth-order valence-electron chi connectivity index (χ4n) is 2.35. The maximum Gasteiger partial charge on any atom is 0.250 e. The van der Waals surface area contributed by atoms with Crippen molar-refractivity contribution in [1.82, 2.24) is 10.1 Å². The molecule has 2 aromatic rings. The number of para-hydroxylation sites is 1. The van der Waals surface area contributed by atoms with E-state index >= 15 is 0 Å². The molecule has 1 fully saturated rings. The topological polar surface area (TPSA) is 74.2 Å². The second-order valence-corrected chi connectivity index (χ2v) is 5.27. The molecule has 0 spiro atoms. The summed E-state index contributed by atoms with van der Waals surface area (Å²) in [7, 11) is 0. The Kier molecular flexibility index (Phi) is 3.75. The molecule has 1 aliphatic rings. The SMILES string of the molecule is CCOc1ccccc1/C=C/c1nc(C2(N)CCC2)no1. The molecule has 0 aliphatic heterocycles. The van der Waals surface area contributed by atoms with Gasteiger partial charge < -0.3 is 15.0 Å². The van der Waals surface area contributed by atoms with E-state index in [4.69, 9.17) is 15.0 Å². The van der Waals surface area contributed by atoms with Crippen molar-refractivity contribution < 1.29 is 9.26 Å². The van der Waals surface area contributed by atoms with Crippen molar-refractivity contribution in [3.63, 3.8) is 0 Å². The van der Waals surface area contributed by atoms with Crippen molar-refractivity contribution in [2.45, 2.75) is 31.7 Å². The van der Waals surface area contributed by atoms with Gasteiger partial charge in [-0.3, -0.25) is 0 Å². The molecule has 0 radical (unpaired) electrons. The number of ether oxygens (including phenoxy) is 1. The zero-order valence-corrected chi connectivity index (χ0v) is 12.1. The summed E-state index contributed by atoms with van der Waals surface area (Å²) in [6.07, 6.45) is 6.66. The molecule has 1 heterocycles. The first-order valence-electron chi connectivity index (χ1n) is 7.24. The number of rotatable bonds is 5. The van der Waals surface area contributed by atoms with Gasteiger partial charge in [0.2, 0.25) is 0 Å². The van der Waals surface area contributed by atoms with Gasteiger partial charge in [-0.1, -0.05) is 23.4 Å². The molecule has 110 valence electrons. The molecule has 5 heteroatoms. The lowest BCUT2D eigenvalue weighted by molar-refractivity contribution is 0.229. The number of nitrogens with zero attached hydrogens (tertiary/aromatic N) is 2. The molecule has 21 heavy (non-hydrogen) atoms. The Morgan fingerprint density at radius 1 is 1.33 bits per heavy atom. The fraction of sp³-hybridized carbons (Fsp3) is 0.375. The van der Waals surface area contributed by atoms with Gasteiger partial charge in [0, 0.05) is 11.6 Å². The summed E-state index contributed by atoms with van der Waals surface area (Å²) in [6.45, 7) is 2.59. The predicted octanol–water partition coefficient (Wildman–Crippen LogP) is 2.98. The van der Waals surface area contributed by atoms with Gasteiger partial charge in [0.25, 0.3) is 5.89 Å². The molecule has 2 N–H and O–H groups in total. The first kappa shape index (κ1) is 13.8. The molecule has 1 saturated carbocycles. The molecular formula is C16H19N3O2. The third kappa shape index (κ3) is 2.83. The van der Waals surface area contributed by atoms with E-state index in [0.717, 1.165) is 30.6 Å². The monoisotopic (exact) mass is 285 g/mol. The lowest BCUT2D eigenvalue weighted by atomic mass is 9.77. The summed E-state index contributed by atoms with van der Waals surface area (Å²) in [5.74, 6) is 1.91. The van der Waals surface area contributed by atoms with E-state index in [2.05, 4.69) is 10.1 Å². The molecule has 0 saturated heterocycles. The minimum absolute atomic E-state index is 0.390. The van der Waals surface area contributed by atoms with Crippen LogP contribution in [0.5, 0.6) is 5.75 Å². The van der Waals surface area contributed by atoms with Gasteiger partial charge >= 0.3 is 0 Å². The largest absolute Gasteiger partial charge is 0.493 e. The highest BCUT2D eigenvalue weighted by Gasteiger charge is 2.38. The van der Waals surface area contributed by atoms with Crippen LogP contribution in [-0.2, 0) is 5.54 Å². The molecule has 1 aromatic carbocycles. The van der Waals surface area contributed by atoms with E-state index in [1.807, 2.05) is 37.3 Å². The second-order valence-electron chi connectivity index (χ2n) is 5.27. The van der Waals surface area contributed by atoms with Crippen LogP contribution in [0.2, 0.25) is 0 Å². The summed E-state index contributed by atoms with van der Waals surface area (Å²) >= 11 is 0. The van der Waals surface area contributed by atoms with E-state index in [-0.39, 0.29) is 0 Å². The average Bonchev–Trinajstić information content (AvgIpc) is 2.93. The number of benzene rings is 1. The van der Waals surface area contributed by atoms with Gasteiger partial charge in [0.15, 0.2) is 5.82 Å². The molecule has 1 aliphatic carbocycles. The minimum Gasteiger partial charge on any atom is -0.493 e. The Morgan fingerprint density at radius 3 is 2.86 bits per heavy atom. The van der Waals surface area contributed by atoms with E-state index < -0.39 is 5.54 Å². The van der Waals surface area contributed by atoms with Gasteiger partial charge in [-0.2, -0.15) is 4.98 Å². The zero-order chi connectivity index (χ0) is 14.7. The van der Waals surface area contributed by atoms with Gasteiger partial charge in [-0.05, 0) is 38.3 Å². The van der Waals surface area contributed by atoms with E-state index in [1.165, 1.54) is 0 Å². The Balaban J connectivity index is 1.77. The van der Waals surface area contributed by atoms with Crippen LogP contribution < -0.4 is 10.5 Å². The van der Waals surface area contributed by atoms with Crippen LogP contribution in [0.3, 0.4) is 0 Å². The number of hydrogen-bond acceptors (Lipinski definition) is 5. The first-order valence-corrected chi connectivity index (χ1v) is 7.24. The fourth-order valence-corrected chi connectivity index (χ4v) is 2.35. The van der Waals surface area contributed by atoms with Gasteiger partial charge in [-0.25, -0.2) is 0 Å². The smallest absolute Gasteiger partial charge is 0.250 e. The van der Waals surface area contributed by atoms with Crippen molar-refractivity contribution >= 4 is 12.2 Å². The summed E-state index contributed by atoms with van der Waals surface area (Å²) in [6, 6.07) is 7.83. The maximum absolute atomic E-state index is 6.18. The highest BCUT2D eigenvalue weighted by atomic mass is 16.5. The molecule has 0 atom stereocenters. The summed E-state index contributed by atoms with van der Waals surface area (Å²) < 4.78 is 10.8. The Bertz CT molecular complexity index is 644. The van der Waals surface area contributed by atoms with Gasteiger partial charge in [0.1, 0.15) is 5.75 Å². The van der Waals surface area contributed by atoms with Gasteiger partial charge in [0.05, 0.1) is 12.1 Å². The first-order chi connectivity index (χ1) is 10.2. The average molecular weight is 285 g/mol. The molecule has 1 aromatic heterocycles. The molecule has 5 nitrogen and oxygen atoms in total. The highest BCUT2D eigenvalue weighted by molar-refractivity contribution is 5.69. The van der Waals surface area contributed by atoms with Crippen LogP contribution >= 0.6 is 0 Å². The van der Waals surface area contributed by atoms with Crippen LogP contribution in [-0.4, -0.2) is 16.7 Å². The highest BCUT2D eigenvalue weighted by Crippen LogP contribution is 2.36. The Morgan fingerprint density at radius 2 is 2.14 bits per heavy atom. The van der Waals surface area contributed by atoms with Crippen LogP contribution in [0.25, 0.3) is 12.2 Å². The van der Waals surface area contributed by atoms with Crippen molar-refractivity contribution in [3.05, 3.63) is 41.5 Å². The van der Waals surface area contributed by atoms with E-state index in [9.17, 15) is 0 Å². The molecular weight excluding hydrogens is 266 g/mol. The zero-order valence-electron chi connectivity index (χ0n) is 12.1. The van der Waals surface area contributed by atoms with Crippen molar-refractivity contribution in [2.75, 3.05) is 6.61 Å². The number of aromatic nitrogens is 2. The summed E-state index contributed by atoms with van der Waals surface area (Å²) in [5, 5.41) is 3.99. The lowest BCUT2D eigenvalue weighted by Gasteiger charge is -2.34. The van der Waals surface area contributed by atoms with Crippen LogP contribution in [0, 0.1) is 0 Å². The van der Waals surface area contributed by atoms with Crippen LogP contribution in [0.1, 0.15) is 43.5 Å². The molecule has 3 rings (SSSR count). The Hall–Kier alpha value is -2.14. The summed E-state index contributed by atoms with van der Waals surface area (Å²) in [5.41, 5.74) is 6.77. The molecule has 0 amide bonds. The van der Waals surface area contributed by atoms with Crippen LogP contribution in [0.15, 0.2) is 28.8 Å². The quantitative estimate of drug-likeness (QED) is 0.914.